The fraction of sp³-hybridized carbons (Fsp3) is 0. The third kappa shape index (κ3) is 6.19. The third-order valence-electron chi connectivity index (χ3n) is 14.1. The number of benzene rings is 10. The van der Waals surface area contributed by atoms with E-state index in [1.807, 2.05) is 0 Å². The van der Waals surface area contributed by atoms with Gasteiger partial charge in [0.25, 0.3) is 0 Å². The van der Waals surface area contributed by atoms with E-state index >= 15 is 0 Å². The third-order valence-corrected chi connectivity index (χ3v) is 20.0. The normalized spacial score (nSPS) is 12.0. The molecule has 0 atom stereocenters. The van der Waals surface area contributed by atoms with Gasteiger partial charge >= 0.3 is 0 Å². The number of aromatic nitrogens is 5. The summed E-state index contributed by atoms with van der Waals surface area (Å²) < 4.78 is 7.06. The molecule has 14 rings (SSSR count). The van der Waals surface area contributed by atoms with Crippen LogP contribution in [-0.2, 0) is 0 Å². The lowest BCUT2D eigenvalue weighted by Crippen LogP contribution is -2.74. The molecule has 0 aliphatic carbocycles. The number of thiophene rings is 1. The van der Waals surface area contributed by atoms with Gasteiger partial charge in [0.1, 0.15) is 0 Å². The molecular formula is C63H41N5SSi. The lowest BCUT2D eigenvalue weighted by Gasteiger charge is -2.34. The Morgan fingerprint density at radius 3 is 1.46 bits per heavy atom. The van der Waals surface area contributed by atoms with Crippen molar-refractivity contribution in [1.29, 1.82) is 0 Å². The van der Waals surface area contributed by atoms with Gasteiger partial charge in [-0.2, -0.15) is 9.97 Å². The van der Waals surface area contributed by atoms with E-state index in [1.165, 1.54) is 57.3 Å². The van der Waals surface area contributed by atoms with Crippen molar-refractivity contribution in [3.05, 3.63) is 249 Å². The molecule has 14 aromatic rings. The van der Waals surface area contributed by atoms with Gasteiger partial charge in [0.2, 0.25) is 5.95 Å². The maximum absolute atomic E-state index is 5.55. The summed E-state index contributed by atoms with van der Waals surface area (Å²) in [5, 5.41) is 12.2. The first-order chi connectivity index (χ1) is 34.7. The number of rotatable bonds is 8. The zero-order valence-electron chi connectivity index (χ0n) is 37.8. The van der Waals surface area contributed by atoms with Gasteiger partial charge in [-0.05, 0) is 69.3 Å². The Kier molecular flexibility index (Phi) is 9.33. The van der Waals surface area contributed by atoms with Crippen LogP contribution in [0.2, 0.25) is 0 Å². The van der Waals surface area contributed by atoms with Crippen LogP contribution in [0.4, 0.5) is 0 Å². The van der Waals surface area contributed by atoms with Crippen LogP contribution in [0.1, 0.15) is 0 Å². The Morgan fingerprint density at radius 2 is 0.814 bits per heavy atom. The standard InChI is InChI=1S/C63H41N5SSi/c1-4-21-44(22-5-1)70(45-23-6-2-7-24-45,46-25-8-3-9-26-46)47-27-18-20-42(40-47)61-64-62(52-32-19-37-59-60(52)51-31-13-17-36-58(51)69-59)66-63(65-61)68-56-35-16-12-30-50(56)53-41-43(38-39-57(53)68)67-54-33-14-10-28-48(54)49-29-11-15-34-55(49)67/h1-41H. The monoisotopic (exact) mass is 927 g/mol. The van der Waals surface area contributed by atoms with E-state index in [1.54, 1.807) is 11.3 Å². The Morgan fingerprint density at radius 1 is 0.329 bits per heavy atom. The maximum atomic E-state index is 5.55. The van der Waals surface area contributed by atoms with Gasteiger partial charge in [-0.25, -0.2) is 4.98 Å². The molecule has 0 bridgehead atoms. The van der Waals surface area contributed by atoms with Crippen molar-refractivity contribution in [2.75, 3.05) is 0 Å². The summed E-state index contributed by atoms with van der Waals surface area (Å²) in [5.41, 5.74) is 7.40. The van der Waals surface area contributed by atoms with Gasteiger partial charge in [0.15, 0.2) is 19.7 Å². The molecule has 0 unspecified atom stereocenters. The molecule has 7 heteroatoms. The van der Waals surface area contributed by atoms with Crippen LogP contribution in [0, 0.1) is 0 Å². The quantitative estimate of drug-likeness (QED) is 0.113. The average molecular weight is 928 g/mol. The Hall–Kier alpha value is -8.75. The van der Waals surface area contributed by atoms with Crippen LogP contribution < -0.4 is 20.7 Å². The summed E-state index contributed by atoms with van der Waals surface area (Å²) in [6.45, 7) is 0. The predicted molar refractivity (Wildman–Crippen MR) is 296 cm³/mol. The van der Waals surface area contributed by atoms with E-state index in [4.69, 9.17) is 15.0 Å². The number of hydrogen-bond donors (Lipinski definition) is 0. The summed E-state index contributed by atoms with van der Waals surface area (Å²) in [5.74, 6) is 1.81. The molecule has 0 aliphatic rings. The van der Waals surface area contributed by atoms with Gasteiger partial charge < -0.3 is 4.57 Å². The largest absolute Gasteiger partial charge is 0.309 e. The van der Waals surface area contributed by atoms with Gasteiger partial charge in [0.05, 0.1) is 22.1 Å². The summed E-state index contributed by atoms with van der Waals surface area (Å²) in [4.78, 5) is 16.6. The zero-order valence-corrected chi connectivity index (χ0v) is 39.6. The van der Waals surface area contributed by atoms with Crippen molar-refractivity contribution in [2.45, 2.75) is 0 Å². The molecule has 0 aliphatic heterocycles. The molecule has 0 fully saturated rings. The van der Waals surface area contributed by atoms with Crippen LogP contribution in [0.15, 0.2) is 249 Å². The zero-order chi connectivity index (χ0) is 46.2. The van der Waals surface area contributed by atoms with Crippen LogP contribution in [0.5, 0.6) is 0 Å². The maximum Gasteiger partial charge on any atom is 0.238 e. The smallest absolute Gasteiger partial charge is 0.238 e. The highest BCUT2D eigenvalue weighted by molar-refractivity contribution is 7.26. The molecule has 0 saturated carbocycles. The molecule has 4 aromatic heterocycles. The van der Waals surface area contributed by atoms with Crippen LogP contribution in [0.25, 0.3) is 98.2 Å². The number of fused-ring (bicyclic) bond motifs is 9. The first-order valence-electron chi connectivity index (χ1n) is 23.7. The molecule has 328 valence electrons. The van der Waals surface area contributed by atoms with Crippen molar-refractivity contribution >= 4 is 104 Å². The minimum atomic E-state index is -2.88. The highest BCUT2D eigenvalue weighted by atomic mass is 32.1. The number of para-hydroxylation sites is 3. The van der Waals surface area contributed by atoms with Crippen molar-refractivity contribution in [3.8, 4) is 34.4 Å². The molecule has 10 aromatic carbocycles. The minimum absolute atomic E-state index is 0.565. The average Bonchev–Trinajstić information content (AvgIpc) is 4.10. The molecule has 0 N–H and O–H groups in total. The molecule has 5 nitrogen and oxygen atoms in total. The van der Waals surface area contributed by atoms with Gasteiger partial charge in [-0.3, -0.25) is 4.57 Å². The molecule has 4 heterocycles. The Balaban J connectivity index is 1.04. The fourth-order valence-electron chi connectivity index (χ4n) is 11.1. The first-order valence-corrected chi connectivity index (χ1v) is 26.5. The van der Waals surface area contributed by atoms with Gasteiger partial charge in [-0.1, -0.05) is 200 Å². The number of nitrogens with zero attached hydrogens (tertiary/aromatic N) is 5. The lowest BCUT2D eigenvalue weighted by atomic mass is 10.1. The SMILES string of the molecule is c1ccc([Si](c2ccccc2)(c2ccccc2)c2cccc(-c3nc(-c4cccc5sc6ccccc6c45)nc(-n4c5ccccc5c5cc(-n6c7ccccc7c7ccccc76)ccc54)n3)c2)cc1. The van der Waals surface area contributed by atoms with E-state index in [-0.39, 0.29) is 0 Å². The Labute approximate surface area is 408 Å². The van der Waals surface area contributed by atoms with Crippen molar-refractivity contribution in [1.82, 2.24) is 24.1 Å². The highest BCUT2D eigenvalue weighted by Crippen LogP contribution is 2.41. The second-order valence-corrected chi connectivity index (χ2v) is 22.8. The van der Waals surface area contributed by atoms with E-state index in [9.17, 15) is 0 Å². The minimum Gasteiger partial charge on any atom is -0.309 e. The van der Waals surface area contributed by atoms with Crippen molar-refractivity contribution in [3.63, 3.8) is 0 Å². The summed E-state index contributed by atoms with van der Waals surface area (Å²) >= 11 is 1.80. The number of hydrogen-bond acceptors (Lipinski definition) is 4. The van der Waals surface area contributed by atoms with Gasteiger partial charge in [-0.15, -0.1) is 11.3 Å². The molecule has 0 radical (unpaired) electrons. The Bertz CT molecular complexity index is 4160. The van der Waals surface area contributed by atoms with Crippen LogP contribution >= 0.6 is 11.3 Å². The molecule has 0 spiro atoms. The van der Waals surface area contributed by atoms with E-state index in [0.717, 1.165) is 44.0 Å². The summed E-state index contributed by atoms with van der Waals surface area (Å²) in [6.07, 6.45) is 0. The topological polar surface area (TPSA) is 48.5 Å². The molecule has 0 saturated heterocycles. The fourth-order valence-corrected chi connectivity index (χ4v) is 17.1. The van der Waals surface area contributed by atoms with Gasteiger partial charge in [0, 0.05) is 58.5 Å². The van der Waals surface area contributed by atoms with Crippen LogP contribution in [0.3, 0.4) is 0 Å². The van der Waals surface area contributed by atoms with Crippen molar-refractivity contribution in [2.24, 2.45) is 0 Å². The van der Waals surface area contributed by atoms with Crippen LogP contribution in [-0.4, -0.2) is 32.2 Å². The molecule has 0 amide bonds. The van der Waals surface area contributed by atoms with E-state index in [2.05, 4.69) is 258 Å². The van der Waals surface area contributed by atoms with E-state index < -0.39 is 8.07 Å². The molecule has 70 heavy (non-hydrogen) atoms. The van der Waals surface area contributed by atoms with Crippen molar-refractivity contribution < 1.29 is 0 Å². The summed E-state index contributed by atoms with van der Waals surface area (Å²) in [7, 11) is -2.88. The molecular weight excluding hydrogens is 887 g/mol. The second kappa shape index (κ2) is 16.2. The predicted octanol–water partition coefficient (Wildman–Crippen LogP) is 13.1. The first kappa shape index (κ1) is 40.3. The van der Waals surface area contributed by atoms with E-state index in [0.29, 0.717) is 17.6 Å². The highest BCUT2D eigenvalue weighted by Gasteiger charge is 2.41. The lowest BCUT2D eigenvalue weighted by molar-refractivity contribution is 0.954. The summed E-state index contributed by atoms with van der Waals surface area (Å²) in [6, 6.07) is 90.2. The second-order valence-electron chi connectivity index (χ2n) is 17.9.